The van der Waals surface area contributed by atoms with Gasteiger partial charge in [0.25, 0.3) is 0 Å². The third kappa shape index (κ3) is 4.28. The highest BCUT2D eigenvalue weighted by Crippen LogP contribution is 2.22. The first-order valence-electron chi connectivity index (χ1n) is 4.86. The maximum atomic E-state index is 12.0. The summed E-state index contributed by atoms with van der Waals surface area (Å²) >= 11 is 0.812. The molecule has 6 nitrogen and oxygen atoms in total. The predicted octanol–water partition coefficient (Wildman–Crippen LogP) is 1.81. The van der Waals surface area contributed by atoms with Crippen LogP contribution in [0.3, 0.4) is 0 Å². The smallest absolute Gasteiger partial charge is 0.364 e. The summed E-state index contributed by atoms with van der Waals surface area (Å²) in [6.45, 7) is -1.21. The summed E-state index contributed by atoms with van der Waals surface area (Å²) in [5.41, 5.74) is 0.471. The highest BCUT2D eigenvalue weighted by Gasteiger charge is 2.27. The number of aromatic nitrogens is 3. The standard InChI is InChI=1S/C8H7F3N4O2S2/c9-8(10,11)4-12-6-13-14-7(18-6)19(16)3-5-1-2-17-15-5/h1-2H,3-4H2,(H,12,13)/t19-/m1/s1. The molecular weight excluding hydrogens is 305 g/mol. The van der Waals surface area contributed by atoms with E-state index in [1.165, 1.54) is 6.26 Å². The molecule has 0 fully saturated rings. The van der Waals surface area contributed by atoms with Crippen molar-refractivity contribution in [3.05, 3.63) is 18.0 Å². The number of nitrogens with one attached hydrogen (secondary N) is 1. The van der Waals surface area contributed by atoms with E-state index in [0.717, 1.165) is 11.3 Å². The van der Waals surface area contributed by atoms with Crippen LogP contribution in [0.1, 0.15) is 5.69 Å². The first-order chi connectivity index (χ1) is 8.94. The minimum absolute atomic E-state index is 0.0270. The summed E-state index contributed by atoms with van der Waals surface area (Å²) in [6, 6.07) is 1.54. The molecular formula is C8H7F3N4O2S2. The van der Waals surface area contributed by atoms with Crippen molar-refractivity contribution in [2.75, 3.05) is 11.9 Å². The van der Waals surface area contributed by atoms with Crippen LogP contribution in [0.25, 0.3) is 0 Å². The molecule has 1 N–H and O–H groups in total. The van der Waals surface area contributed by atoms with Gasteiger partial charge in [0.2, 0.25) is 9.47 Å². The van der Waals surface area contributed by atoms with Gasteiger partial charge in [0, 0.05) is 6.07 Å². The Morgan fingerprint density at radius 3 is 2.84 bits per heavy atom. The van der Waals surface area contributed by atoms with Gasteiger partial charge in [0.15, 0.2) is 0 Å². The second-order valence-corrected chi connectivity index (χ2v) is 5.92. The minimum atomic E-state index is -4.34. The summed E-state index contributed by atoms with van der Waals surface area (Å²) in [6.07, 6.45) is -3.01. The fourth-order valence-electron chi connectivity index (χ4n) is 1.06. The summed E-state index contributed by atoms with van der Waals surface area (Å²) in [4.78, 5) is 0. The molecule has 0 unspecified atom stereocenters. The molecule has 0 aromatic carbocycles. The molecule has 2 aromatic heterocycles. The first-order valence-corrected chi connectivity index (χ1v) is 6.99. The van der Waals surface area contributed by atoms with Crippen molar-refractivity contribution in [2.45, 2.75) is 16.3 Å². The average Bonchev–Trinajstić information content (AvgIpc) is 2.95. The van der Waals surface area contributed by atoms with Gasteiger partial charge in [-0.15, -0.1) is 10.2 Å². The molecule has 0 saturated heterocycles. The summed E-state index contributed by atoms with van der Waals surface area (Å²) in [5, 5.41) is 12.7. The Morgan fingerprint density at radius 2 is 2.21 bits per heavy atom. The van der Waals surface area contributed by atoms with Crippen LogP contribution in [0.4, 0.5) is 18.3 Å². The van der Waals surface area contributed by atoms with Gasteiger partial charge in [-0.3, -0.25) is 4.21 Å². The SMILES string of the molecule is O=[S@](Cc1ccon1)c1nnc(NCC(F)(F)F)s1. The monoisotopic (exact) mass is 312 g/mol. The normalized spacial score (nSPS) is 13.4. The molecule has 0 saturated carbocycles. The van der Waals surface area contributed by atoms with Crippen LogP contribution < -0.4 is 5.32 Å². The number of hydrogen-bond donors (Lipinski definition) is 1. The quantitative estimate of drug-likeness (QED) is 0.907. The minimum Gasteiger partial charge on any atom is -0.364 e. The van der Waals surface area contributed by atoms with Crippen molar-refractivity contribution in [3.63, 3.8) is 0 Å². The molecule has 2 aromatic rings. The Morgan fingerprint density at radius 1 is 1.42 bits per heavy atom. The van der Waals surface area contributed by atoms with Gasteiger partial charge in [-0.25, -0.2) is 0 Å². The molecule has 0 amide bonds. The lowest BCUT2D eigenvalue weighted by Crippen LogP contribution is -2.21. The maximum Gasteiger partial charge on any atom is 0.405 e. The lowest BCUT2D eigenvalue weighted by molar-refractivity contribution is -0.115. The molecule has 2 heterocycles. The van der Waals surface area contributed by atoms with Crippen LogP contribution >= 0.6 is 11.3 Å². The summed E-state index contributed by atoms with van der Waals surface area (Å²) < 4.78 is 52.4. The van der Waals surface area contributed by atoms with E-state index in [1.54, 1.807) is 6.07 Å². The summed E-state index contributed by atoms with van der Waals surface area (Å²) in [7, 11) is -1.52. The van der Waals surface area contributed by atoms with Crippen LogP contribution in [0, 0.1) is 0 Å². The van der Waals surface area contributed by atoms with Gasteiger partial charge in [-0.2, -0.15) is 13.2 Å². The Kier molecular flexibility index (Phi) is 4.14. The topological polar surface area (TPSA) is 80.9 Å². The lowest BCUT2D eigenvalue weighted by Gasteiger charge is -2.05. The number of rotatable bonds is 5. The van der Waals surface area contributed by atoms with Gasteiger partial charge < -0.3 is 9.84 Å². The summed E-state index contributed by atoms with van der Waals surface area (Å²) in [5.74, 6) is 0.0738. The molecule has 2 rings (SSSR count). The largest absolute Gasteiger partial charge is 0.405 e. The van der Waals surface area contributed by atoms with Crippen molar-refractivity contribution in [1.82, 2.24) is 15.4 Å². The number of anilines is 1. The Balaban J connectivity index is 1.95. The van der Waals surface area contributed by atoms with Crippen molar-refractivity contribution in [2.24, 2.45) is 0 Å². The molecule has 0 bridgehead atoms. The van der Waals surface area contributed by atoms with E-state index in [2.05, 4.69) is 25.2 Å². The number of hydrogen-bond acceptors (Lipinski definition) is 7. The first kappa shape index (κ1) is 13.9. The van der Waals surface area contributed by atoms with Gasteiger partial charge in [-0.1, -0.05) is 16.5 Å². The van der Waals surface area contributed by atoms with Crippen molar-refractivity contribution < 1.29 is 21.9 Å². The molecule has 0 aliphatic rings. The van der Waals surface area contributed by atoms with E-state index in [1.807, 2.05) is 0 Å². The van der Waals surface area contributed by atoms with Crippen LogP contribution in [0.2, 0.25) is 0 Å². The van der Waals surface area contributed by atoms with Gasteiger partial charge in [0.05, 0.1) is 22.2 Å². The zero-order valence-electron chi connectivity index (χ0n) is 9.18. The maximum absolute atomic E-state index is 12.0. The molecule has 0 aliphatic heterocycles. The molecule has 1 atom stereocenters. The second kappa shape index (κ2) is 5.65. The molecule has 0 radical (unpaired) electrons. The van der Waals surface area contributed by atoms with Gasteiger partial charge in [-0.05, 0) is 0 Å². The van der Waals surface area contributed by atoms with E-state index in [4.69, 9.17) is 0 Å². The van der Waals surface area contributed by atoms with E-state index >= 15 is 0 Å². The van der Waals surface area contributed by atoms with Crippen molar-refractivity contribution in [3.8, 4) is 0 Å². The van der Waals surface area contributed by atoms with Crippen LogP contribution in [-0.4, -0.2) is 32.3 Å². The molecule has 19 heavy (non-hydrogen) atoms. The number of alkyl halides is 3. The van der Waals surface area contributed by atoms with E-state index in [-0.39, 0.29) is 15.2 Å². The van der Waals surface area contributed by atoms with Crippen LogP contribution in [-0.2, 0) is 16.6 Å². The molecule has 0 aliphatic carbocycles. The predicted molar refractivity (Wildman–Crippen MR) is 61.1 cm³/mol. The molecule has 104 valence electrons. The number of nitrogens with zero attached hydrogens (tertiary/aromatic N) is 3. The zero-order valence-corrected chi connectivity index (χ0v) is 10.8. The van der Waals surface area contributed by atoms with Crippen molar-refractivity contribution >= 4 is 27.3 Å². The highest BCUT2D eigenvalue weighted by atomic mass is 32.2. The average molecular weight is 312 g/mol. The van der Waals surface area contributed by atoms with Gasteiger partial charge in [0.1, 0.15) is 12.8 Å². The Bertz CT molecular complexity index is 555. The van der Waals surface area contributed by atoms with Crippen LogP contribution in [0.15, 0.2) is 21.2 Å². The van der Waals surface area contributed by atoms with E-state index < -0.39 is 23.5 Å². The van der Waals surface area contributed by atoms with Gasteiger partial charge >= 0.3 is 6.18 Å². The zero-order chi connectivity index (χ0) is 13.9. The second-order valence-electron chi connectivity index (χ2n) is 3.32. The fraction of sp³-hybridized carbons (Fsp3) is 0.375. The molecule has 11 heteroatoms. The van der Waals surface area contributed by atoms with E-state index in [9.17, 15) is 17.4 Å². The number of halogens is 3. The Labute approximate surface area is 111 Å². The highest BCUT2D eigenvalue weighted by molar-refractivity contribution is 7.86. The van der Waals surface area contributed by atoms with Crippen molar-refractivity contribution in [1.29, 1.82) is 0 Å². The fourth-order valence-corrected chi connectivity index (χ4v) is 2.99. The third-order valence-electron chi connectivity index (χ3n) is 1.81. The molecule has 0 spiro atoms. The lowest BCUT2D eigenvalue weighted by atomic mass is 10.5. The van der Waals surface area contributed by atoms with Crippen LogP contribution in [0.5, 0.6) is 0 Å². The Hall–Kier alpha value is -1.49. The van der Waals surface area contributed by atoms with E-state index in [0.29, 0.717) is 5.69 Å². The third-order valence-corrected chi connectivity index (χ3v) is 4.32.